The predicted octanol–water partition coefficient (Wildman–Crippen LogP) is 3.71. The highest BCUT2D eigenvalue weighted by Gasteiger charge is 2.39. The zero-order chi connectivity index (χ0) is 11.8. The monoisotopic (exact) mass is 226 g/mol. The summed E-state index contributed by atoms with van der Waals surface area (Å²) in [6, 6.07) is 15.1. The second-order valence-corrected chi connectivity index (χ2v) is 5.05. The van der Waals surface area contributed by atoms with Crippen LogP contribution in [0.5, 0.6) is 0 Å². The molecule has 1 N–H and O–H groups in total. The van der Waals surface area contributed by atoms with E-state index < -0.39 is 0 Å². The first-order valence-electron chi connectivity index (χ1n) is 6.47. The number of rotatable bonds is 2. The second kappa shape index (κ2) is 4.15. The van der Waals surface area contributed by atoms with Crippen molar-refractivity contribution in [3.05, 3.63) is 48.0 Å². The molecule has 3 rings (SSSR count). The van der Waals surface area contributed by atoms with Crippen LogP contribution in [0, 0.1) is 5.92 Å². The lowest BCUT2D eigenvalue weighted by molar-refractivity contribution is -0.000235. The molecule has 0 amide bonds. The number of aliphatic hydroxyl groups is 1. The summed E-state index contributed by atoms with van der Waals surface area (Å²) in [6.45, 7) is 2.17. The first kappa shape index (κ1) is 10.8. The lowest BCUT2D eigenvalue weighted by Crippen LogP contribution is -2.39. The molecule has 0 aromatic heterocycles. The quantitative estimate of drug-likeness (QED) is 0.827. The summed E-state index contributed by atoms with van der Waals surface area (Å²) in [4.78, 5) is 0. The fourth-order valence-electron chi connectivity index (χ4n) is 3.17. The molecule has 1 saturated carbocycles. The van der Waals surface area contributed by atoms with Gasteiger partial charge in [0.25, 0.3) is 0 Å². The van der Waals surface area contributed by atoms with E-state index in [0.29, 0.717) is 11.8 Å². The van der Waals surface area contributed by atoms with Crippen LogP contribution in [0.1, 0.15) is 31.2 Å². The fourth-order valence-corrected chi connectivity index (χ4v) is 3.17. The summed E-state index contributed by atoms with van der Waals surface area (Å²) in [5.74, 6) is 0.988. The molecule has 1 nitrogen and oxygen atoms in total. The standard InChI is InChI=1S/C16H18O/c1-2-12-15(10-16(12)17)14-9-5-7-11-6-3-4-8-13(11)14/h3-9,12,15-17H,2,10H2,1H3. The Balaban J connectivity index is 2.06. The molecule has 0 radical (unpaired) electrons. The molecule has 1 heteroatoms. The lowest BCUT2D eigenvalue weighted by Gasteiger charge is -2.42. The maximum atomic E-state index is 9.81. The highest BCUT2D eigenvalue weighted by Crippen LogP contribution is 2.46. The van der Waals surface area contributed by atoms with Crippen LogP contribution in [0.25, 0.3) is 10.8 Å². The van der Waals surface area contributed by atoms with Gasteiger partial charge < -0.3 is 5.11 Å². The van der Waals surface area contributed by atoms with Gasteiger partial charge in [0.1, 0.15) is 0 Å². The van der Waals surface area contributed by atoms with Crippen molar-refractivity contribution < 1.29 is 5.11 Å². The summed E-state index contributed by atoms with van der Waals surface area (Å²) >= 11 is 0. The fraction of sp³-hybridized carbons (Fsp3) is 0.375. The summed E-state index contributed by atoms with van der Waals surface area (Å²) in [7, 11) is 0. The van der Waals surface area contributed by atoms with Gasteiger partial charge in [0.05, 0.1) is 6.10 Å². The van der Waals surface area contributed by atoms with E-state index in [1.807, 2.05) is 0 Å². The largest absolute Gasteiger partial charge is 0.393 e. The minimum Gasteiger partial charge on any atom is -0.393 e. The summed E-state index contributed by atoms with van der Waals surface area (Å²) < 4.78 is 0. The maximum absolute atomic E-state index is 9.81. The van der Waals surface area contributed by atoms with Crippen LogP contribution in [-0.2, 0) is 0 Å². The van der Waals surface area contributed by atoms with Gasteiger partial charge in [-0.15, -0.1) is 0 Å². The van der Waals surface area contributed by atoms with Gasteiger partial charge in [0.2, 0.25) is 0 Å². The van der Waals surface area contributed by atoms with Crippen molar-refractivity contribution in [3.63, 3.8) is 0 Å². The van der Waals surface area contributed by atoms with Gasteiger partial charge in [-0.3, -0.25) is 0 Å². The van der Waals surface area contributed by atoms with Crippen LogP contribution in [0.2, 0.25) is 0 Å². The average molecular weight is 226 g/mol. The Hall–Kier alpha value is -1.34. The van der Waals surface area contributed by atoms with Gasteiger partial charge in [0.15, 0.2) is 0 Å². The number of hydrogen-bond acceptors (Lipinski definition) is 1. The normalized spacial score (nSPS) is 28.0. The van der Waals surface area contributed by atoms with E-state index >= 15 is 0 Å². The maximum Gasteiger partial charge on any atom is 0.0580 e. The molecule has 3 atom stereocenters. The number of benzene rings is 2. The minimum atomic E-state index is -0.0935. The van der Waals surface area contributed by atoms with E-state index in [2.05, 4.69) is 49.4 Å². The molecule has 0 bridgehead atoms. The number of hydrogen-bond donors (Lipinski definition) is 1. The Kier molecular flexibility index (Phi) is 2.64. The van der Waals surface area contributed by atoms with E-state index in [-0.39, 0.29) is 6.10 Å². The van der Waals surface area contributed by atoms with Gasteiger partial charge in [-0.25, -0.2) is 0 Å². The zero-order valence-corrected chi connectivity index (χ0v) is 10.1. The Bertz CT molecular complexity index is 527. The molecule has 0 saturated heterocycles. The van der Waals surface area contributed by atoms with Crippen LogP contribution in [0.4, 0.5) is 0 Å². The number of aliphatic hydroxyl groups excluding tert-OH is 1. The first-order chi connectivity index (χ1) is 8.31. The Morgan fingerprint density at radius 1 is 1.12 bits per heavy atom. The Morgan fingerprint density at radius 2 is 1.88 bits per heavy atom. The summed E-state index contributed by atoms with van der Waals surface area (Å²) in [5.41, 5.74) is 1.42. The summed E-state index contributed by atoms with van der Waals surface area (Å²) in [6.07, 6.45) is 1.89. The molecule has 2 aromatic rings. The third kappa shape index (κ3) is 1.66. The van der Waals surface area contributed by atoms with Crippen molar-refractivity contribution in [3.8, 4) is 0 Å². The molecule has 17 heavy (non-hydrogen) atoms. The molecule has 0 spiro atoms. The van der Waals surface area contributed by atoms with Crippen LogP contribution in [0.15, 0.2) is 42.5 Å². The third-order valence-electron chi connectivity index (χ3n) is 4.20. The molecule has 0 aliphatic heterocycles. The van der Waals surface area contributed by atoms with Crippen LogP contribution in [-0.4, -0.2) is 11.2 Å². The molecule has 88 valence electrons. The molecular formula is C16H18O. The van der Waals surface area contributed by atoms with Crippen molar-refractivity contribution in [2.24, 2.45) is 5.92 Å². The van der Waals surface area contributed by atoms with E-state index in [9.17, 15) is 5.11 Å². The molecule has 1 fully saturated rings. The number of fused-ring (bicyclic) bond motifs is 1. The topological polar surface area (TPSA) is 20.2 Å². The second-order valence-electron chi connectivity index (χ2n) is 5.05. The van der Waals surface area contributed by atoms with Crippen molar-refractivity contribution in [1.29, 1.82) is 0 Å². The van der Waals surface area contributed by atoms with Crippen LogP contribution in [0.3, 0.4) is 0 Å². The van der Waals surface area contributed by atoms with Gasteiger partial charge in [0, 0.05) is 0 Å². The van der Waals surface area contributed by atoms with Crippen molar-refractivity contribution in [1.82, 2.24) is 0 Å². The van der Waals surface area contributed by atoms with Crippen molar-refractivity contribution >= 4 is 10.8 Å². The SMILES string of the molecule is CCC1C(O)CC1c1cccc2ccccc12. The van der Waals surface area contributed by atoms with Gasteiger partial charge >= 0.3 is 0 Å². The third-order valence-corrected chi connectivity index (χ3v) is 4.20. The Labute approximate surface area is 102 Å². The molecule has 2 aromatic carbocycles. The average Bonchev–Trinajstić information content (AvgIpc) is 2.36. The van der Waals surface area contributed by atoms with Crippen LogP contribution < -0.4 is 0 Å². The van der Waals surface area contributed by atoms with Crippen molar-refractivity contribution in [2.45, 2.75) is 31.8 Å². The van der Waals surface area contributed by atoms with Crippen LogP contribution >= 0.6 is 0 Å². The molecular weight excluding hydrogens is 208 g/mol. The van der Waals surface area contributed by atoms with E-state index in [0.717, 1.165) is 12.8 Å². The zero-order valence-electron chi connectivity index (χ0n) is 10.1. The van der Waals surface area contributed by atoms with Gasteiger partial charge in [-0.2, -0.15) is 0 Å². The minimum absolute atomic E-state index is 0.0935. The van der Waals surface area contributed by atoms with E-state index in [1.165, 1.54) is 16.3 Å². The molecule has 0 heterocycles. The van der Waals surface area contributed by atoms with Gasteiger partial charge in [-0.1, -0.05) is 55.8 Å². The van der Waals surface area contributed by atoms with Crippen molar-refractivity contribution in [2.75, 3.05) is 0 Å². The summed E-state index contributed by atoms with van der Waals surface area (Å²) in [5, 5.41) is 12.5. The highest BCUT2D eigenvalue weighted by atomic mass is 16.3. The lowest BCUT2D eigenvalue weighted by atomic mass is 9.66. The Morgan fingerprint density at radius 3 is 2.65 bits per heavy atom. The van der Waals surface area contributed by atoms with E-state index in [1.54, 1.807) is 0 Å². The van der Waals surface area contributed by atoms with E-state index in [4.69, 9.17) is 0 Å². The molecule has 3 unspecified atom stereocenters. The smallest absolute Gasteiger partial charge is 0.0580 e. The predicted molar refractivity (Wildman–Crippen MR) is 71.1 cm³/mol. The molecule has 1 aliphatic carbocycles. The highest BCUT2D eigenvalue weighted by molar-refractivity contribution is 5.86. The van der Waals surface area contributed by atoms with Gasteiger partial charge in [-0.05, 0) is 34.6 Å². The molecule has 1 aliphatic rings. The first-order valence-corrected chi connectivity index (χ1v) is 6.47.